The lowest BCUT2D eigenvalue weighted by Gasteiger charge is -2.08. The van der Waals surface area contributed by atoms with Gasteiger partial charge in [0.2, 0.25) is 0 Å². The molecule has 0 amide bonds. The molecule has 0 bridgehead atoms. The minimum atomic E-state index is -0.634. The molecule has 0 heterocycles. The lowest BCUT2D eigenvalue weighted by Crippen LogP contribution is -2.02. The molecule has 0 N–H and O–H groups in total. The maximum Gasteiger partial charge on any atom is 0.276 e. The second-order valence-corrected chi connectivity index (χ2v) is 4.25. The molecular weight excluding hydrogens is 268 g/mol. The van der Waals surface area contributed by atoms with Crippen molar-refractivity contribution in [3.05, 3.63) is 69.3 Å². The average Bonchev–Trinajstić information content (AvgIpc) is 2.39. The molecule has 0 atom stereocenters. The first-order valence-electron chi connectivity index (χ1n) is 5.79. The number of ether oxygens (including phenoxy) is 1. The molecule has 0 saturated carbocycles. The van der Waals surface area contributed by atoms with E-state index < -0.39 is 16.6 Å². The number of nitro groups is 1. The topological polar surface area (TPSA) is 52.4 Å². The summed E-state index contributed by atoms with van der Waals surface area (Å²) < 4.78 is 31.8. The molecule has 2 aromatic rings. The predicted octanol–water partition coefficient (Wildman–Crippen LogP) is 3.76. The zero-order valence-electron chi connectivity index (χ0n) is 10.6. The third-order valence-corrected chi connectivity index (χ3v) is 2.71. The van der Waals surface area contributed by atoms with Crippen molar-refractivity contribution in [1.82, 2.24) is 0 Å². The SMILES string of the molecule is Cc1ccc(F)c(OCc2cc(F)ccc2[N+](=O)[O-])c1. The molecule has 0 aliphatic carbocycles. The second-order valence-electron chi connectivity index (χ2n) is 4.25. The molecular formula is C14H11F2NO3. The summed E-state index contributed by atoms with van der Waals surface area (Å²) in [5, 5.41) is 10.8. The third kappa shape index (κ3) is 3.09. The fourth-order valence-electron chi connectivity index (χ4n) is 1.72. The number of nitro benzene ring substituents is 1. The number of halogens is 2. The Labute approximate surface area is 113 Å². The molecule has 0 radical (unpaired) electrons. The van der Waals surface area contributed by atoms with E-state index in [4.69, 9.17) is 4.74 Å². The van der Waals surface area contributed by atoms with Crippen LogP contribution in [0.5, 0.6) is 5.75 Å². The Kier molecular flexibility index (Phi) is 3.93. The summed E-state index contributed by atoms with van der Waals surface area (Å²) >= 11 is 0. The van der Waals surface area contributed by atoms with Crippen molar-refractivity contribution in [3.63, 3.8) is 0 Å². The Hall–Kier alpha value is -2.50. The first kappa shape index (κ1) is 13.9. The Bertz CT molecular complexity index is 659. The van der Waals surface area contributed by atoms with E-state index in [0.29, 0.717) is 0 Å². The van der Waals surface area contributed by atoms with Crippen LogP contribution in [0.2, 0.25) is 0 Å². The van der Waals surface area contributed by atoms with Crippen LogP contribution in [-0.4, -0.2) is 4.92 Å². The highest BCUT2D eigenvalue weighted by Gasteiger charge is 2.15. The summed E-state index contributed by atoms with van der Waals surface area (Å²) in [6, 6.07) is 7.35. The Morgan fingerprint density at radius 3 is 2.65 bits per heavy atom. The fourth-order valence-corrected chi connectivity index (χ4v) is 1.72. The van der Waals surface area contributed by atoms with Crippen LogP contribution in [0.25, 0.3) is 0 Å². The molecule has 2 aromatic carbocycles. The van der Waals surface area contributed by atoms with Crippen LogP contribution >= 0.6 is 0 Å². The smallest absolute Gasteiger partial charge is 0.276 e. The first-order valence-corrected chi connectivity index (χ1v) is 5.79. The van der Waals surface area contributed by atoms with Crippen molar-refractivity contribution in [1.29, 1.82) is 0 Å². The van der Waals surface area contributed by atoms with Gasteiger partial charge in [-0.25, -0.2) is 8.78 Å². The largest absolute Gasteiger partial charge is 0.486 e. The molecule has 104 valence electrons. The molecule has 0 aliphatic rings. The zero-order chi connectivity index (χ0) is 14.7. The van der Waals surface area contributed by atoms with Crippen molar-refractivity contribution < 1.29 is 18.4 Å². The molecule has 0 unspecified atom stereocenters. The van der Waals surface area contributed by atoms with Crippen LogP contribution < -0.4 is 4.74 Å². The standard InChI is InChI=1S/C14H11F2NO3/c1-9-2-4-12(16)14(6-9)20-8-10-7-11(15)3-5-13(10)17(18)19/h2-7H,8H2,1H3. The molecule has 0 aromatic heterocycles. The second kappa shape index (κ2) is 5.64. The monoisotopic (exact) mass is 279 g/mol. The van der Waals surface area contributed by atoms with Crippen molar-refractivity contribution in [2.45, 2.75) is 13.5 Å². The van der Waals surface area contributed by atoms with E-state index in [9.17, 15) is 18.9 Å². The molecule has 6 heteroatoms. The fraction of sp³-hybridized carbons (Fsp3) is 0.143. The number of benzene rings is 2. The molecule has 0 fully saturated rings. The minimum absolute atomic E-state index is 0.0245. The minimum Gasteiger partial charge on any atom is -0.486 e. The van der Waals surface area contributed by atoms with Crippen molar-refractivity contribution in [2.24, 2.45) is 0 Å². The van der Waals surface area contributed by atoms with E-state index in [-0.39, 0.29) is 23.6 Å². The zero-order valence-corrected chi connectivity index (χ0v) is 10.6. The van der Waals surface area contributed by atoms with Gasteiger partial charge in [-0.15, -0.1) is 0 Å². The van der Waals surface area contributed by atoms with Gasteiger partial charge in [-0.3, -0.25) is 10.1 Å². The van der Waals surface area contributed by atoms with E-state index in [1.807, 2.05) is 0 Å². The third-order valence-electron chi connectivity index (χ3n) is 2.71. The number of hydrogen-bond acceptors (Lipinski definition) is 3. The molecule has 0 spiro atoms. The van der Waals surface area contributed by atoms with E-state index >= 15 is 0 Å². The van der Waals surface area contributed by atoms with Gasteiger partial charge in [0.1, 0.15) is 12.4 Å². The van der Waals surface area contributed by atoms with Crippen LogP contribution in [0.3, 0.4) is 0 Å². The molecule has 2 rings (SSSR count). The molecule has 0 saturated heterocycles. The number of aryl methyl sites for hydroxylation is 1. The quantitative estimate of drug-likeness (QED) is 0.632. The number of hydrogen-bond donors (Lipinski definition) is 0. The van der Waals surface area contributed by atoms with Crippen LogP contribution in [0, 0.1) is 28.7 Å². The summed E-state index contributed by atoms with van der Waals surface area (Å²) in [5.74, 6) is -1.21. The van der Waals surface area contributed by atoms with Gasteiger partial charge in [-0.05, 0) is 36.8 Å². The summed E-state index contributed by atoms with van der Waals surface area (Å²) in [7, 11) is 0. The highest BCUT2D eigenvalue weighted by molar-refractivity contribution is 5.40. The van der Waals surface area contributed by atoms with Crippen molar-refractivity contribution in [3.8, 4) is 5.75 Å². The Balaban J connectivity index is 2.24. The molecule has 0 aliphatic heterocycles. The highest BCUT2D eigenvalue weighted by Crippen LogP contribution is 2.24. The molecule has 4 nitrogen and oxygen atoms in total. The lowest BCUT2D eigenvalue weighted by molar-refractivity contribution is -0.385. The van der Waals surface area contributed by atoms with Gasteiger partial charge in [0, 0.05) is 6.07 Å². The van der Waals surface area contributed by atoms with Crippen LogP contribution in [-0.2, 0) is 6.61 Å². The van der Waals surface area contributed by atoms with Crippen LogP contribution in [0.4, 0.5) is 14.5 Å². The van der Waals surface area contributed by atoms with Crippen LogP contribution in [0.1, 0.15) is 11.1 Å². The van der Waals surface area contributed by atoms with Gasteiger partial charge >= 0.3 is 0 Å². The predicted molar refractivity (Wildman–Crippen MR) is 68.5 cm³/mol. The van der Waals surface area contributed by atoms with E-state index in [1.165, 1.54) is 12.1 Å². The number of nitrogens with zero attached hydrogens (tertiary/aromatic N) is 1. The van der Waals surface area contributed by atoms with Gasteiger partial charge < -0.3 is 4.74 Å². The van der Waals surface area contributed by atoms with E-state index in [1.54, 1.807) is 13.0 Å². The van der Waals surface area contributed by atoms with Gasteiger partial charge in [0.15, 0.2) is 11.6 Å². The van der Waals surface area contributed by atoms with E-state index in [2.05, 4.69) is 0 Å². The van der Waals surface area contributed by atoms with Crippen molar-refractivity contribution >= 4 is 5.69 Å². The normalized spacial score (nSPS) is 10.3. The van der Waals surface area contributed by atoms with Crippen LogP contribution in [0.15, 0.2) is 36.4 Å². The highest BCUT2D eigenvalue weighted by atomic mass is 19.1. The maximum atomic E-state index is 13.5. The van der Waals surface area contributed by atoms with Gasteiger partial charge in [0.05, 0.1) is 10.5 Å². The maximum absolute atomic E-state index is 13.5. The first-order chi connectivity index (χ1) is 9.47. The summed E-state index contributed by atoms with van der Waals surface area (Å²) in [6.45, 7) is 1.48. The van der Waals surface area contributed by atoms with Crippen molar-refractivity contribution in [2.75, 3.05) is 0 Å². The van der Waals surface area contributed by atoms with Gasteiger partial charge in [0.25, 0.3) is 5.69 Å². The number of rotatable bonds is 4. The lowest BCUT2D eigenvalue weighted by atomic mass is 10.2. The molecule has 20 heavy (non-hydrogen) atoms. The van der Waals surface area contributed by atoms with Gasteiger partial charge in [-0.2, -0.15) is 0 Å². The Morgan fingerprint density at radius 2 is 1.95 bits per heavy atom. The van der Waals surface area contributed by atoms with E-state index in [0.717, 1.165) is 23.8 Å². The summed E-state index contributed by atoms with van der Waals surface area (Å²) in [4.78, 5) is 10.2. The Morgan fingerprint density at radius 1 is 1.20 bits per heavy atom. The van der Waals surface area contributed by atoms with Gasteiger partial charge in [-0.1, -0.05) is 6.07 Å². The average molecular weight is 279 g/mol. The summed E-state index contributed by atoms with van der Waals surface area (Å²) in [5.41, 5.74) is 0.575. The summed E-state index contributed by atoms with van der Waals surface area (Å²) in [6.07, 6.45) is 0.